The van der Waals surface area contributed by atoms with E-state index in [1.165, 1.54) is 32.1 Å². The van der Waals surface area contributed by atoms with Crippen LogP contribution in [0.1, 0.15) is 65.7 Å². The minimum Gasteiger partial charge on any atom is -0.480 e. The van der Waals surface area contributed by atoms with Gasteiger partial charge in [-0.15, -0.1) is 0 Å². The Morgan fingerprint density at radius 1 is 1.11 bits per heavy atom. The average Bonchev–Trinajstić information content (AvgIpc) is 2.37. The summed E-state index contributed by atoms with van der Waals surface area (Å²) in [6, 6.07) is 0. The number of aliphatic carboxylic acids is 1. The number of carbonyl (C=O) groups is 1. The Labute approximate surface area is 117 Å². The fourth-order valence-electron chi connectivity index (χ4n) is 2.02. The summed E-state index contributed by atoms with van der Waals surface area (Å²) in [4.78, 5) is 11.2. The highest BCUT2D eigenvalue weighted by Gasteiger charge is 2.31. The van der Waals surface area contributed by atoms with Crippen LogP contribution in [0.2, 0.25) is 0 Å². The molecule has 0 saturated heterocycles. The third-order valence-electron chi connectivity index (χ3n) is 3.43. The number of hydrogen-bond acceptors (Lipinski definition) is 3. The number of likely N-dealkylation sites (N-methyl/N-ethyl adjacent to an activating group) is 1. The molecule has 0 aliphatic carbocycles. The van der Waals surface area contributed by atoms with Crippen molar-refractivity contribution in [2.24, 2.45) is 0 Å². The number of carboxylic acid groups (broad SMARTS) is 1. The van der Waals surface area contributed by atoms with E-state index in [4.69, 9.17) is 9.84 Å². The number of nitrogens with one attached hydrogen (secondary N) is 1. The first-order valence-corrected chi connectivity index (χ1v) is 7.63. The van der Waals surface area contributed by atoms with E-state index >= 15 is 0 Å². The summed E-state index contributed by atoms with van der Waals surface area (Å²) < 4.78 is 5.53. The number of rotatable bonds is 13. The summed E-state index contributed by atoms with van der Waals surface area (Å²) in [7, 11) is 0. The predicted molar refractivity (Wildman–Crippen MR) is 78.5 cm³/mol. The van der Waals surface area contributed by atoms with Gasteiger partial charge in [-0.05, 0) is 26.3 Å². The lowest BCUT2D eigenvalue weighted by atomic mass is 9.99. The van der Waals surface area contributed by atoms with Gasteiger partial charge in [0.15, 0.2) is 0 Å². The maximum absolute atomic E-state index is 11.2. The fraction of sp³-hybridized carbons (Fsp3) is 0.933. The summed E-state index contributed by atoms with van der Waals surface area (Å²) in [5.74, 6) is -0.808. The maximum Gasteiger partial charge on any atom is 0.323 e. The minimum absolute atomic E-state index is 0.505. The molecule has 0 aromatic carbocycles. The van der Waals surface area contributed by atoms with Crippen LogP contribution < -0.4 is 5.32 Å². The Morgan fingerprint density at radius 2 is 1.74 bits per heavy atom. The van der Waals surface area contributed by atoms with Crippen LogP contribution in [0.4, 0.5) is 0 Å². The molecule has 2 N–H and O–H groups in total. The smallest absolute Gasteiger partial charge is 0.323 e. The Bertz CT molecular complexity index is 233. The lowest BCUT2D eigenvalue weighted by Crippen LogP contribution is -2.50. The summed E-state index contributed by atoms with van der Waals surface area (Å²) >= 11 is 0. The summed E-state index contributed by atoms with van der Waals surface area (Å²) in [5.41, 5.74) is -0.865. The lowest BCUT2D eigenvalue weighted by Gasteiger charge is -2.25. The zero-order valence-electron chi connectivity index (χ0n) is 12.8. The van der Waals surface area contributed by atoms with Crippen LogP contribution in [0.15, 0.2) is 0 Å². The molecule has 0 aromatic heterocycles. The van der Waals surface area contributed by atoms with E-state index in [9.17, 15) is 4.79 Å². The van der Waals surface area contributed by atoms with E-state index in [0.717, 1.165) is 13.0 Å². The zero-order valence-corrected chi connectivity index (χ0v) is 12.8. The first-order valence-electron chi connectivity index (χ1n) is 7.63. The van der Waals surface area contributed by atoms with Crippen molar-refractivity contribution in [2.75, 3.05) is 19.8 Å². The van der Waals surface area contributed by atoms with E-state index in [-0.39, 0.29) is 0 Å². The number of unbranched alkanes of at least 4 members (excludes halogenated alkanes) is 5. The van der Waals surface area contributed by atoms with E-state index in [1.807, 2.05) is 6.92 Å². The topological polar surface area (TPSA) is 58.6 Å². The average molecular weight is 273 g/mol. The standard InChI is InChI=1S/C15H31NO3/c1-4-6-7-8-9-10-12-19-13-11-15(3,14(17)18)16-5-2/h16H,4-13H2,1-3H3,(H,17,18). The molecule has 0 saturated carbocycles. The molecule has 0 radical (unpaired) electrons. The van der Waals surface area contributed by atoms with Gasteiger partial charge in [-0.25, -0.2) is 0 Å². The highest BCUT2D eigenvalue weighted by Crippen LogP contribution is 2.10. The van der Waals surface area contributed by atoms with Gasteiger partial charge in [0.2, 0.25) is 0 Å². The molecule has 0 amide bonds. The molecule has 0 heterocycles. The molecule has 4 nitrogen and oxygen atoms in total. The van der Waals surface area contributed by atoms with Crippen molar-refractivity contribution in [1.82, 2.24) is 5.32 Å². The van der Waals surface area contributed by atoms with E-state index < -0.39 is 11.5 Å². The normalized spacial score (nSPS) is 14.3. The SMILES string of the molecule is CCCCCCCCOCCC(C)(NCC)C(=O)O. The van der Waals surface area contributed by atoms with Crippen molar-refractivity contribution < 1.29 is 14.6 Å². The number of ether oxygens (including phenoxy) is 1. The highest BCUT2D eigenvalue weighted by molar-refractivity contribution is 5.78. The first-order chi connectivity index (χ1) is 9.06. The molecule has 0 bridgehead atoms. The van der Waals surface area contributed by atoms with E-state index in [0.29, 0.717) is 19.6 Å². The molecule has 0 aliphatic rings. The van der Waals surface area contributed by atoms with Crippen molar-refractivity contribution >= 4 is 5.97 Å². The summed E-state index contributed by atoms with van der Waals surface area (Å²) in [6.45, 7) is 7.75. The fourth-order valence-corrected chi connectivity index (χ4v) is 2.02. The molecule has 114 valence electrons. The zero-order chi connectivity index (χ0) is 14.6. The van der Waals surface area contributed by atoms with Crippen LogP contribution in [0.25, 0.3) is 0 Å². The largest absolute Gasteiger partial charge is 0.480 e. The van der Waals surface area contributed by atoms with E-state index in [2.05, 4.69) is 12.2 Å². The van der Waals surface area contributed by atoms with Gasteiger partial charge in [-0.2, -0.15) is 0 Å². The Hall–Kier alpha value is -0.610. The van der Waals surface area contributed by atoms with Crippen LogP contribution >= 0.6 is 0 Å². The minimum atomic E-state index is -0.865. The first kappa shape index (κ1) is 18.4. The molecular formula is C15H31NO3. The monoisotopic (exact) mass is 273 g/mol. The molecule has 0 spiro atoms. The van der Waals surface area contributed by atoms with Gasteiger partial charge in [-0.1, -0.05) is 46.0 Å². The summed E-state index contributed by atoms with van der Waals surface area (Å²) in [5, 5.41) is 12.2. The molecule has 1 atom stereocenters. The Balaban J connectivity index is 3.53. The molecule has 0 fully saturated rings. The second-order valence-electron chi connectivity index (χ2n) is 5.30. The van der Waals surface area contributed by atoms with Crippen LogP contribution in [0.3, 0.4) is 0 Å². The van der Waals surface area contributed by atoms with Gasteiger partial charge in [0.25, 0.3) is 0 Å². The van der Waals surface area contributed by atoms with Crippen molar-refractivity contribution in [3.8, 4) is 0 Å². The van der Waals surface area contributed by atoms with Crippen molar-refractivity contribution in [3.63, 3.8) is 0 Å². The van der Waals surface area contributed by atoms with Gasteiger partial charge in [0.1, 0.15) is 5.54 Å². The molecule has 0 rings (SSSR count). The third-order valence-corrected chi connectivity index (χ3v) is 3.43. The van der Waals surface area contributed by atoms with Crippen molar-refractivity contribution in [3.05, 3.63) is 0 Å². The summed E-state index contributed by atoms with van der Waals surface area (Å²) in [6.07, 6.45) is 7.98. The van der Waals surface area contributed by atoms with Gasteiger partial charge < -0.3 is 15.2 Å². The molecule has 4 heteroatoms. The van der Waals surface area contributed by atoms with Gasteiger partial charge in [0, 0.05) is 13.2 Å². The molecular weight excluding hydrogens is 242 g/mol. The number of carboxylic acids is 1. The quantitative estimate of drug-likeness (QED) is 0.506. The second-order valence-corrected chi connectivity index (χ2v) is 5.30. The van der Waals surface area contributed by atoms with Crippen LogP contribution in [0.5, 0.6) is 0 Å². The maximum atomic E-state index is 11.2. The Kier molecular flexibility index (Phi) is 10.9. The predicted octanol–water partition coefficient (Wildman–Crippen LogP) is 3.21. The lowest BCUT2D eigenvalue weighted by molar-refractivity contribution is -0.145. The van der Waals surface area contributed by atoms with Crippen molar-refractivity contribution in [2.45, 2.75) is 71.3 Å². The van der Waals surface area contributed by atoms with E-state index in [1.54, 1.807) is 6.92 Å². The second kappa shape index (κ2) is 11.2. The molecule has 0 aliphatic heterocycles. The molecule has 19 heavy (non-hydrogen) atoms. The van der Waals surface area contributed by atoms with Crippen LogP contribution in [-0.2, 0) is 9.53 Å². The van der Waals surface area contributed by atoms with Crippen LogP contribution in [0, 0.1) is 0 Å². The number of hydrogen-bond donors (Lipinski definition) is 2. The third kappa shape index (κ3) is 9.00. The van der Waals surface area contributed by atoms with Gasteiger partial charge >= 0.3 is 5.97 Å². The highest BCUT2D eigenvalue weighted by atomic mass is 16.5. The van der Waals surface area contributed by atoms with Gasteiger partial charge in [-0.3, -0.25) is 4.79 Å². The Morgan fingerprint density at radius 3 is 2.32 bits per heavy atom. The molecule has 1 unspecified atom stereocenters. The van der Waals surface area contributed by atoms with Gasteiger partial charge in [0.05, 0.1) is 0 Å². The van der Waals surface area contributed by atoms with Crippen LogP contribution in [-0.4, -0.2) is 36.4 Å². The molecule has 0 aromatic rings. The van der Waals surface area contributed by atoms with Crippen molar-refractivity contribution in [1.29, 1.82) is 0 Å².